The molecule has 0 bridgehead atoms. The number of halogens is 1. The summed E-state index contributed by atoms with van der Waals surface area (Å²) in [7, 11) is 0. The summed E-state index contributed by atoms with van der Waals surface area (Å²) < 4.78 is 5.13. The van der Waals surface area contributed by atoms with Crippen molar-refractivity contribution in [1.29, 1.82) is 0 Å². The second-order valence-corrected chi connectivity index (χ2v) is 3.65. The van der Waals surface area contributed by atoms with E-state index in [1.165, 1.54) is 0 Å². The van der Waals surface area contributed by atoms with Gasteiger partial charge < -0.3 is 10.3 Å². The SMILES string of the molecule is NCc1cnoc1Cc1ccccc1Cl. The molecule has 1 aromatic carbocycles. The molecule has 0 unspecified atom stereocenters. The Balaban J connectivity index is 2.26. The molecule has 0 amide bonds. The highest BCUT2D eigenvalue weighted by Crippen LogP contribution is 2.20. The van der Waals surface area contributed by atoms with Gasteiger partial charge in [-0.2, -0.15) is 0 Å². The molecule has 2 N–H and O–H groups in total. The van der Waals surface area contributed by atoms with Crippen molar-refractivity contribution in [2.24, 2.45) is 5.73 Å². The van der Waals surface area contributed by atoms with Crippen LogP contribution in [0.2, 0.25) is 5.02 Å². The molecule has 3 nitrogen and oxygen atoms in total. The monoisotopic (exact) mass is 222 g/mol. The Labute approximate surface area is 92.8 Å². The fourth-order valence-corrected chi connectivity index (χ4v) is 1.61. The lowest BCUT2D eigenvalue weighted by Gasteiger charge is -2.01. The quantitative estimate of drug-likeness (QED) is 0.868. The van der Waals surface area contributed by atoms with Crippen LogP contribution in [-0.4, -0.2) is 5.16 Å². The van der Waals surface area contributed by atoms with Gasteiger partial charge in [-0.25, -0.2) is 0 Å². The molecule has 1 aromatic heterocycles. The third kappa shape index (κ3) is 2.19. The molecule has 1 heterocycles. The Hall–Kier alpha value is -1.32. The molecular formula is C11H11ClN2O. The summed E-state index contributed by atoms with van der Waals surface area (Å²) >= 11 is 6.04. The normalized spacial score (nSPS) is 10.5. The van der Waals surface area contributed by atoms with E-state index in [0.29, 0.717) is 13.0 Å². The summed E-state index contributed by atoms with van der Waals surface area (Å²) in [6, 6.07) is 7.66. The molecule has 0 aliphatic carbocycles. The van der Waals surface area contributed by atoms with Crippen LogP contribution >= 0.6 is 11.6 Å². The molecule has 0 atom stereocenters. The van der Waals surface area contributed by atoms with Gasteiger partial charge in [0.2, 0.25) is 0 Å². The highest BCUT2D eigenvalue weighted by atomic mass is 35.5. The molecule has 0 radical (unpaired) electrons. The van der Waals surface area contributed by atoms with Gasteiger partial charge in [0.15, 0.2) is 0 Å². The highest BCUT2D eigenvalue weighted by molar-refractivity contribution is 6.31. The lowest BCUT2D eigenvalue weighted by molar-refractivity contribution is 0.388. The third-order valence-electron chi connectivity index (χ3n) is 2.26. The van der Waals surface area contributed by atoms with Gasteiger partial charge in [0.25, 0.3) is 0 Å². The van der Waals surface area contributed by atoms with E-state index in [0.717, 1.165) is 21.9 Å². The van der Waals surface area contributed by atoms with E-state index >= 15 is 0 Å². The zero-order chi connectivity index (χ0) is 10.7. The maximum absolute atomic E-state index is 6.04. The zero-order valence-corrected chi connectivity index (χ0v) is 8.87. The molecule has 2 aromatic rings. The Bertz CT molecular complexity index is 453. The number of nitrogens with zero attached hydrogens (tertiary/aromatic N) is 1. The van der Waals surface area contributed by atoms with Crippen LogP contribution in [0.3, 0.4) is 0 Å². The minimum Gasteiger partial charge on any atom is -0.361 e. The van der Waals surface area contributed by atoms with Crippen molar-refractivity contribution < 1.29 is 4.52 Å². The van der Waals surface area contributed by atoms with Gasteiger partial charge in [0.1, 0.15) is 5.76 Å². The summed E-state index contributed by atoms with van der Waals surface area (Å²) in [6.45, 7) is 0.434. The van der Waals surface area contributed by atoms with Crippen molar-refractivity contribution >= 4 is 11.6 Å². The van der Waals surface area contributed by atoms with Crippen LogP contribution in [0.1, 0.15) is 16.9 Å². The summed E-state index contributed by atoms with van der Waals surface area (Å²) in [5.41, 5.74) is 7.50. The second-order valence-electron chi connectivity index (χ2n) is 3.25. The van der Waals surface area contributed by atoms with E-state index in [9.17, 15) is 0 Å². The lowest BCUT2D eigenvalue weighted by atomic mass is 10.1. The van der Waals surface area contributed by atoms with E-state index in [2.05, 4.69) is 5.16 Å². The largest absolute Gasteiger partial charge is 0.361 e. The summed E-state index contributed by atoms with van der Waals surface area (Å²) in [5, 5.41) is 4.45. The average molecular weight is 223 g/mol. The van der Waals surface area contributed by atoms with Crippen molar-refractivity contribution in [3.05, 3.63) is 52.4 Å². The fraction of sp³-hybridized carbons (Fsp3) is 0.182. The molecule has 0 saturated carbocycles. The van der Waals surface area contributed by atoms with Gasteiger partial charge >= 0.3 is 0 Å². The average Bonchev–Trinajstić information content (AvgIpc) is 2.69. The van der Waals surface area contributed by atoms with Gasteiger partial charge in [-0.15, -0.1) is 0 Å². The zero-order valence-electron chi connectivity index (χ0n) is 8.11. The van der Waals surface area contributed by atoms with Crippen LogP contribution in [-0.2, 0) is 13.0 Å². The van der Waals surface area contributed by atoms with Gasteiger partial charge in [-0.3, -0.25) is 0 Å². The number of benzene rings is 1. The Morgan fingerprint density at radius 3 is 2.80 bits per heavy atom. The minimum absolute atomic E-state index is 0.434. The summed E-state index contributed by atoms with van der Waals surface area (Å²) in [4.78, 5) is 0. The van der Waals surface area contributed by atoms with Crippen LogP contribution in [0, 0.1) is 0 Å². The topological polar surface area (TPSA) is 52.0 Å². The van der Waals surface area contributed by atoms with Crippen molar-refractivity contribution in [3.63, 3.8) is 0 Å². The van der Waals surface area contributed by atoms with Crippen LogP contribution in [0.5, 0.6) is 0 Å². The number of rotatable bonds is 3. The molecule has 0 fully saturated rings. The lowest BCUT2D eigenvalue weighted by Crippen LogP contribution is -1.99. The van der Waals surface area contributed by atoms with Gasteiger partial charge in [-0.05, 0) is 11.6 Å². The smallest absolute Gasteiger partial charge is 0.145 e. The first-order valence-electron chi connectivity index (χ1n) is 4.67. The summed E-state index contributed by atoms with van der Waals surface area (Å²) in [6.07, 6.45) is 2.28. The van der Waals surface area contributed by atoms with Crippen LogP contribution in [0.4, 0.5) is 0 Å². The molecule has 2 rings (SSSR count). The van der Waals surface area contributed by atoms with Crippen molar-refractivity contribution in [3.8, 4) is 0 Å². The van der Waals surface area contributed by atoms with Crippen molar-refractivity contribution in [1.82, 2.24) is 5.16 Å². The first kappa shape index (κ1) is 10.2. The van der Waals surface area contributed by atoms with E-state index in [1.807, 2.05) is 24.3 Å². The third-order valence-corrected chi connectivity index (χ3v) is 2.63. The van der Waals surface area contributed by atoms with E-state index in [4.69, 9.17) is 21.9 Å². The van der Waals surface area contributed by atoms with E-state index in [1.54, 1.807) is 6.20 Å². The number of nitrogens with two attached hydrogens (primary N) is 1. The number of aromatic nitrogens is 1. The maximum atomic E-state index is 6.04. The standard InChI is InChI=1S/C11H11ClN2O/c12-10-4-2-1-3-8(10)5-11-9(6-13)7-14-15-11/h1-4,7H,5-6,13H2. The predicted molar refractivity (Wildman–Crippen MR) is 58.7 cm³/mol. The van der Waals surface area contributed by atoms with Crippen LogP contribution in [0.15, 0.2) is 35.0 Å². The Morgan fingerprint density at radius 1 is 1.27 bits per heavy atom. The molecule has 0 aliphatic heterocycles. The predicted octanol–water partition coefficient (Wildman–Crippen LogP) is 2.38. The van der Waals surface area contributed by atoms with Crippen molar-refractivity contribution in [2.75, 3.05) is 0 Å². The Kier molecular flexibility index (Phi) is 3.04. The maximum Gasteiger partial charge on any atom is 0.145 e. The molecule has 15 heavy (non-hydrogen) atoms. The van der Waals surface area contributed by atoms with Gasteiger partial charge in [-0.1, -0.05) is 35.0 Å². The Morgan fingerprint density at radius 2 is 2.07 bits per heavy atom. The highest BCUT2D eigenvalue weighted by Gasteiger charge is 2.09. The minimum atomic E-state index is 0.434. The molecule has 78 valence electrons. The molecule has 0 spiro atoms. The summed E-state index contributed by atoms with van der Waals surface area (Å²) in [5.74, 6) is 0.783. The number of hydrogen-bond acceptors (Lipinski definition) is 3. The van der Waals surface area contributed by atoms with Gasteiger partial charge in [0, 0.05) is 23.6 Å². The van der Waals surface area contributed by atoms with Crippen molar-refractivity contribution in [2.45, 2.75) is 13.0 Å². The van der Waals surface area contributed by atoms with Crippen LogP contribution in [0.25, 0.3) is 0 Å². The molecular weight excluding hydrogens is 212 g/mol. The van der Waals surface area contributed by atoms with E-state index in [-0.39, 0.29) is 0 Å². The second kappa shape index (κ2) is 4.47. The van der Waals surface area contributed by atoms with Gasteiger partial charge in [0.05, 0.1) is 6.20 Å². The van der Waals surface area contributed by atoms with Crippen LogP contribution < -0.4 is 5.73 Å². The number of hydrogen-bond donors (Lipinski definition) is 1. The van der Waals surface area contributed by atoms with E-state index < -0.39 is 0 Å². The molecule has 0 aliphatic rings. The first-order chi connectivity index (χ1) is 7.31. The molecule has 4 heteroatoms. The fourth-order valence-electron chi connectivity index (χ4n) is 1.41. The molecule has 0 saturated heterocycles. The first-order valence-corrected chi connectivity index (χ1v) is 5.05.